The number of fused-ring (bicyclic) bond motifs is 2. The third kappa shape index (κ3) is 4.87. The van der Waals surface area contributed by atoms with E-state index in [1.807, 2.05) is 49.7 Å². The van der Waals surface area contributed by atoms with Gasteiger partial charge in [-0.05, 0) is 74.0 Å². The van der Waals surface area contributed by atoms with Crippen LogP contribution in [0.5, 0.6) is 5.75 Å². The molecule has 1 aliphatic carbocycles. The fourth-order valence-corrected chi connectivity index (χ4v) is 7.91. The zero-order valence-corrected chi connectivity index (χ0v) is 23.7. The van der Waals surface area contributed by atoms with Gasteiger partial charge >= 0.3 is 0 Å². The molecule has 0 saturated carbocycles. The van der Waals surface area contributed by atoms with E-state index in [0.29, 0.717) is 33.6 Å². The summed E-state index contributed by atoms with van der Waals surface area (Å²) in [4.78, 5) is 3.11. The van der Waals surface area contributed by atoms with Crippen LogP contribution in [0.15, 0.2) is 82.6 Å². The smallest absolute Gasteiger partial charge is 0.209 e. The van der Waals surface area contributed by atoms with Crippen molar-refractivity contribution in [2.45, 2.75) is 61.3 Å². The van der Waals surface area contributed by atoms with E-state index < -0.39 is 9.84 Å². The van der Waals surface area contributed by atoms with Crippen molar-refractivity contribution in [2.24, 2.45) is 7.05 Å². The van der Waals surface area contributed by atoms with Crippen LogP contribution in [0.25, 0.3) is 10.9 Å². The molecule has 0 bridgehead atoms. The maximum absolute atomic E-state index is 14.0. The summed E-state index contributed by atoms with van der Waals surface area (Å²) in [5, 5.41) is 0.678. The molecule has 0 fully saturated rings. The topological polar surface area (TPSA) is 51.5 Å². The highest BCUT2D eigenvalue weighted by Gasteiger charge is 2.31. The van der Waals surface area contributed by atoms with Crippen molar-refractivity contribution in [1.82, 2.24) is 9.47 Å². The summed E-state index contributed by atoms with van der Waals surface area (Å²) in [6.45, 7) is 5.51. The van der Waals surface area contributed by atoms with Crippen LogP contribution in [0.4, 0.5) is 0 Å². The van der Waals surface area contributed by atoms with Crippen LogP contribution in [0.1, 0.15) is 61.9 Å². The standard InChI is InChI=1S/C32H38N2O3S/c1-23(2)31-32(38(35,36)25-15-6-5-7-16-25)30-28(34(31)4)19-11-20-29(30)37-22-12-21-33(3)27-18-10-14-24-13-8-9-17-26(24)27/h5-9,11,13,15-17,19-20,23,27H,10,12,14,18,21-22H2,1-4H3. The molecule has 1 aromatic heterocycles. The van der Waals surface area contributed by atoms with Crippen molar-refractivity contribution in [3.05, 3.63) is 89.6 Å². The molecule has 0 radical (unpaired) electrons. The van der Waals surface area contributed by atoms with Crippen molar-refractivity contribution in [2.75, 3.05) is 20.2 Å². The van der Waals surface area contributed by atoms with Crippen molar-refractivity contribution >= 4 is 20.7 Å². The minimum Gasteiger partial charge on any atom is -0.493 e. The molecule has 4 aromatic rings. The van der Waals surface area contributed by atoms with Gasteiger partial charge in [0, 0.05) is 25.3 Å². The normalized spacial score (nSPS) is 15.8. The minimum absolute atomic E-state index is 0.0285. The largest absolute Gasteiger partial charge is 0.493 e. The maximum atomic E-state index is 14.0. The van der Waals surface area contributed by atoms with E-state index in [1.54, 1.807) is 24.3 Å². The highest BCUT2D eigenvalue weighted by Crippen LogP contribution is 2.41. The van der Waals surface area contributed by atoms with Gasteiger partial charge in [0.15, 0.2) is 0 Å². The lowest BCUT2D eigenvalue weighted by Crippen LogP contribution is -2.29. The van der Waals surface area contributed by atoms with Gasteiger partial charge in [0.2, 0.25) is 9.84 Å². The number of aryl methyl sites for hydroxylation is 2. The summed E-state index contributed by atoms with van der Waals surface area (Å²) < 4.78 is 36.3. The summed E-state index contributed by atoms with van der Waals surface area (Å²) >= 11 is 0. The van der Waals surface area contributed by atoms with Crippen LogP contribution in [0.2, 0.25) is 0 Å². The number of aromatic nitrogens is 1. The van der Waals surface area contributed by atoms with E-state index in [9.17, 15) is 8.42 Å². The van der Waals surface area contributed by atoms with Crippen molar-refractivity contribution in [3.8, 4) is 5.75 Å². The first kappa shape index (κ1) is 26.5. The number of hydrogen-bond acceptors (Lipinski definition) is 4. The molecular formula is C32H38N2O3S. The Hall–Kier alpha value is -3.09. The molecule has 1 heterocycles. The Balaban J connectivity index is 1.40. The molecule has 1 aliphatic rings. The Morgan fingerprint density at radius 2 is 1.74 bits per heavy atom. The minimum atomic E-state index is -3.74. The van der Waals surface area contributed by atoms with Gasteiger partial charge < -0.3 is 9.30 Å². The monoisotopic (exact) mass is 530 g/mol. The zero-order chi connectivity index (χ0) is 26.9. The summed E-state index contributed by atoms with van der Waals surface area (Å²) in [6.07, 6.45) is 4.42. The van der Waals surface area contributed by atoms with Gasteiger partial charge in [-0.25, -0.2) is 8.42 Å². The maximum Gasteiger partial charge on any atom is 0.209 e. The predicted molar refractivity (Wildman–Crippen MR) is 154 cm³/mol. The van der Waals surface area contributed by atoms with E-state index in [0.717, 1.165) is 30.6 Å². The third-order valence-electron chi connectivity index (χ3n) is 7.84. The second kappa shape index (κ2) is 11.0. The van der Waals surface area contributed by atoms with Crippen molar-refractivity contribution in [3.63, 3.8) is 0 Å². The fourth-order valence-electron chi connectivity index (χ4n) is 6.03. The molecule has 1 atom stereocenters. The number of hydrogen-bond donors (Lipinski definition) is 0. The van der Waals surface area contributed by atoms with Gasteiger partial charge in [0.05, 0.1) is 22.4 Å². The summed E-state index contributed by atoms with van der Waals surface area (Å²) in [6, 6.07) is 23.8. The lowest BCUT2D eigenvalue weighted by atomic mass is 9.87. The lowest BCUT2D eigenvalue weighted by Gasteiger charge is -2.33. The molecule has 6 heteroatoms. The molecule has 0 spiro atoms. The molecule has 1 unspecified atom stereocenters. The molecule has 0 aliphatic heterocycles. The van der Waals surface area contributed by atoms with Crippen LogP contribution in [-0.4, -0.2) is 38.1 Å². The average Bonchev–Trinajstić information content (AvgIpc) is 3.25. The van der Waals surface area contributed by atoms with Gasteiger partial charge in [-0.15, -0.1) is 0 Å². The molecule has 200 valence electrons. The third-order valence-corrected chi connectivity index (χ3v) is 9.68. The second-order valence-electron chi connectivity index (χ2n) is 10.7. The van der Waals surface area contributed by atoms with Crippen LogP contribution in [0.3, 0.4) is 0 Å². The van der Waals surface area contributed by atoms with Crippen LogP contribution < -0.4 is 4.74 Å². The fraction of sp³-hybridized carbons (Fsp3) is 0.375. The highest BCUT2D eigenvalue weighted by molar-refractivity contribution is 7.91. The second-order valence-corrected chi connectivity index (χ2v) is 12.6. The molecule has 5 nitrogen and oxygen atoms in total. The summed E-state index contributed by atoms with van der Waals surface area (Å²) in [5.74, 6) is 0.658. The number of ether oxygens (including phenoxy) is 1. The van der Waals surface area contributed by atoms with Crippen LogP contribution in [-0.2, 0) is 23.3 Å². The Bertz CT molecular complexity index is 1520. The van der Waals surface area contributed by atoms with E-state index in [-0.39, 0.29) is 5.92 Å². The molecular weight excluding hydrogens is 492 g/mol. The SMILES string of the molecule is CC(C)c1c(S(=O)(=O)c2ccccc2)c2c(OCCCN(C)C3CCCc4ccccc43)cccc2n1C. The molecule has 38 heavy (non-hydrogen) atoms. The molecule has 0 amide bonds. The van der Waals surface area contributed by atoms with E-state index in [2.05, 4.69) is 36.2 Å². The Morgan fingerprint density at radius 1 is 1.00 bits per heavy atom. The van der Waals surface area contributed by atoms with E-state index >= 15 is 0 Å². The van der Waals surface area contributed by atoms with Gasteiger partial charge in [0.25, 0.3) is 0 Å². The van der Waals surface area contributed by atoms with Gasteiger partial charge in [0.1, 0.15) is 10.6 Å². The first-order valence-corrected chi connectivity index (χ1v) is 15.1. The first-order chi connectivity index (χ1) is 18.3. The number of benzene rings is 3. The average molecular weight is 531 g/mol. The van der Waals surface area contributed by atoms with Crippen LogP contribution in [0, 0.1) is 0 Å². The Kier molecular flexibility index (Phi) is 7.64. The molecule has 0 saturated heterocycles. The predicted octanol–water partition coefficient (Wildman–Crippen LogP) is 6.91. The molecule has 5 rings (SSSR count). The van der Waals surface area contributed by atoms with Crippen molar-refractivity contribution < 1.29 is 13.2 Å². The number of nitrogens with zero attached hydrogens (tertiary/aromatic N) is 2. The van der Waals surface area contributed by atoms with Crippen molar-refractivity contribution in [1.29, 1.82) is 0 Å². The van der Waals surface area contributed by atoms with Gasteiger partial charge in [-0.3, -0.25) is 4.90 Å². The van der Waals surface area contributed by atoms with E-state index in [4.69, 9.17) is 4.74 Å². The highest BCUT2D eigenvalue weighted by atomic mass is 32.2. The summed E-state index contributed by atoms with van der Waals surface area (Å²) in [7, 11) is 0.406. The summed E-state index contributed by atoms with van der Waals surface area (Å²) in [5.41, 5.74) is 4.59. The van der Waals surface area contributed by atoms with Gasteiger partial charge in [-0.2, -0.15) is 0 Å². The Morgan fingerprint density at radius 3 is 2.50 bits per heavy atom. The quantitative estimate of drug-likeness (QED) is 0.221. The van der Waals surface area contributed by atoms with Crippen LogP contribution >= 0.6 is 0 Å². The zero-order valence-electron chi connectivity index (χ0n) is 22.9. The number of sulfone groups is 1. The molecule has 0 N–H and O–H groups in total. The first-order valence-electron chi connectivity index (χ1n) is 13.6. The molecule has 3 aromatic carbocycles. The lowest BCUT2D eigenvalue weighted by molar-refractivity contribution is 0.199. The van der Waals surface area contributed by atoms with Gasteiger partial charge in [-0.1, -0.05) is 62.4 Å². The Labute approximate surface area is 227 Å². The number of rotatable bonds is 9. The van der Waals surface area contributed by atoms with E-state index in [1.165, 1.54) is 24.0 Å².